The van der Waals surface area contributed by atoms with Crippen LogP contribution in [0.3, 0.4) is 0 Å². The summed E-state index contributed by atoms with van der Waals surface area (Å²) in [4.78, 5) is 22.9. The fourth-order valence-electron chi connectivity index (χ4n) is 3.09. The van der Waals surface area contributed by atoms with Crippen LogP contribution in [0.2, 0.25) is 0 Å². The van der Waals surface area contributed by atoms with Crippen LogP contribution in [0.25, 0.3) is 5.69 Å². The quantitative estimate of drug-likeness (QED) is 0.765. The van der Waals surface area contributed by atoms with Crippen molar-refractivity contribution in [1.29, 1.82) is 0 Å². The third-order valence-corrected chi connectivity index (χ3v) is 4.25. The summed E-state index contributed by atoms with van der Waals surface area (Å²) in [6.07, 6.45) is 4.20. The lowest BCUT2D eigenvalue weighted by atomic mass is 10.2. The van der Waals surface area contributed by atoms with Crippen LogP contribution in [0.4, 0.5) is 0 Å². The average Bonchev–Trinajstić information content (AvgIpc) is 3.17. The second-order valence-corrected chi connectivity index (χ2v) is 5.98. The summed E-state index contributed by atoms with van der Waals surface area (Å²) in [5.41, 5.74) is 3.64. The van der Waals surface area contributed by atoms with Crippen molar-refractivity contribution in [2.75, 3.05) is 6.54 Å². The summed E-state index contributed by atoms with van der Waals surface area (Å²) >= 11 is 0. The minimum atomic E-state index is -0.805. The van der Waals surface area contributed by atoms with Gasteiger partial charge in [0, 0.05) is 24.2 Å². The molecule has 0 aliphatic heterocycles. The first-order valence-corrected chi connectivity index (χ1v) is 8.33. The third-order valence-electron chi connectivity index (χ3n) is 4.25. The second kappa shape index (κ2) is 7.29. The number of nitrogens with zero attached hydrogens (tertiary/aromatic N) is 2. The van der Waals surface area contributed by atoms with Crippen molar-refractivity contribution in [1.82, 2.24) is 15.1 Å². The Balaban J connectivity index is 1.70. The van der Waals surface area contributed by atoms with Gasteiger partial charge in [0.25, 0.3) is 5.91 Å². The Hall–Kier alpha value is -2.63. The molecule has 1 aliphatic rings. The van der Waals surface area contributed by atoms with Crippen LogP contribution in [0.15, 0.2) is 30.3 Å². The number of fused-ring (bicyclic) bond motifs is 1. The van der Waals surface area contributed by atoms with E-state index in [0.717, 1.165) is 36.2 Å². The van der Waals surface area contributed by atoms with E-state index in [1.54, 1.807) is 0 Å². The lowest BCUT2D eigenvalue weighted by Crippen LogP contribution is -2.26. The average molecular weight is 327 g/mol. The molecule has 0 spiro atoms. The maximum Gasteiger partial charge on any atom is 0.303 e. The van der Waals surface area contributed by atoms with E-state index in [1.807, 2.05) is 35.0 Å². The number of amides is 1. The first-order valence-electron chi connectivity index (χ1n) is 8.33. The Labute approximate surface area is 140 Å². The second-order valence-electron chi connectivity index (χ2n) is 5.98. The van der Waals surface area contributed by atoms with Gasteiger partial charge in [-0.05, 0) is 44.2 Å². The van der Waals surface area contributed by atoms with Crippen LogP contribution < -0.4 is 5.32 Å². The first-order chi connectivity index (χ1) is 11.7. The molecular formula is C18H21N3O3. The van der Waals surface area contributed by atoms with Crippen LogP contribution >= 0.6 is 0 Å². The van der Waals surface area contributed by atoms with Crippen molar-refractivity contribution in [2.45, 2.75) is 38.5 Å². The zero-order valence-corrected chi connectivity index (χ0v) is 13.5. The van der Waals surface area contributed by atoms with Crippen molar-refractivity contribution >= 4 is 11.9 Å². The molecular weight excluding hydrogens is 306 g/mol. The molecule has 2 N–H and O–H groups in total. The highest BCUT2D eigenvalue weighted by Crippen LogP contribution is 2.27. The van der Waals surface area contributed by atoms with Gasteiger partial charge in [0.05, 0.1) is 5.69 Å². The summed E-state index contributed by atoms with van der Waals surface area (Å²) < 4.78 is 1.88. The molecule has 0 bridgehead atoms. The Kier molecular flexibility index (Phi) is 4.93. The highest BCUT2D eigenvalue weighted by Gasteiger charge is 2.26. The fourth-order valence-corrected chi connectivity index (χ4v) is 3.09. The number of carbonyl (C=O) groups is 2. The van der Waals surface area contributed by atoms with Crippen LogP contribution in [0.5, 0.6) is 0 Å². The largest absolute Gasteiger partial charge is 0.481 e. The molecule has 0 unspecified atom stereocenters. The van der Waals surface area contributed by atoms with Crippen molar-refractivity contribution in [3.63, 3.8) is 0 Å². The number of unbranched alkanes of at least 4 members (excludes halogenated alkanes) is 1. The molecule has 3 rings (SSSR count). The van der Waals surface area contributed by atoms with E-state index in [-0.39, 0.29) is 12.3 Å². The molecule has 126 valence electrons. The van der Waals surface area contributed by atoms with Crippen molar-refractivity contribution in [2.24, 2.45) is 0 Å². The smallest absolute Gasteiger partial charge is 0.303 e. The van der Waals surface area contributed by atoms with Gasteiger partial charge in [0.15, 0.2) is 5.69 Å². The predicted octanol–water partition coefficient (Wildman–Crippen LogP) is 2.35. The van der Waals surface area contributed by atoms with E-state index < -0.39 is 5.97 Å². The predicted molar refractivity (Wildman–Crippen MR) is 89.4 cm³/mol. The third kappa shape index (κ3) is 3.48. The van der Waals surface area contributed by atoms with Crippen LogP contribution in [-0.2, 0) is 17.6 Å². The molecule has 1 amide bonds. The molecule has 0 fully saturated rings. The van der Waals surface area contributed by atoms with Gasteiger partial charge < -0.3 is 10.4 Å². The topological polar surface area (TPSA) is 84.2 Å². The molecule has 0 saturated carbocycles. The Morgan fingerprint density at radius 1 is 1.17 bits per heavy atom. The molecule has 1 heterocycles. The van der Waals surface area contributed by atoms with E-state index >= 15 is 0 Å². The SMILES string of the molecule is O=C(O)CCCCNC(=O)c1nn(-c2ccccc2)c2c1CCC2. The molecule has 0 saturated heterocycles. The van der Waals surface area contributed by atoms with Gasteiger partial charge in [-0.3, -0.25) is 9.59 Å². The van der Waals surface area contributed by atoms with E-state index in [1.165, 1.54) is 0 Å². The monoisotopic (exact) mass is 327 g/mol. The number of carbonyl (C=O) groups excluding carboxylic acids is 1. The lowest BCUT2D eigenvalue weighted by molar-refractivity contribution is -0.137. The number of aromatic nitrogens is 2. The molecule has 6 nitrogen and oxygen atoms in total. The number of aliphatic carboxylic acids is 1. The van der Waals surface area contributed by atoms with E-state index in [2.05, 4.69) is 10.4 Å². The van der Waals surface area contributed by atoms with Gasteiger partial charge in [-0.1, -0.05) is 18.2 Å². The number of benzene rings is 1. The van der Waals surface area contributed by atoms with Gasteiger partial charge in [-0.2, -0.15) is 5.10 Å². The summed E-state index contributed by atoms with van der Waals surface area (Å²) in [7, 11) is 0. The Bertz CT molecular complexity index is 737. The number of para-hydroxylation sites is 1. The molecule has 0 radical (unpaired) electrons. The van der Waals surface area contributed by atoms with Gasteiger partial charge >= 0.3 is 5.97 Å². The van der Waals surface area contributed by atoms with Gasteiger partial charge in [0.2, 0.25) is 0 Å². The summed E-state index contributed by atoms with van der Waals surface area (Å²) in [6, 6.07) is 9.84. The van der Waals surface area contributed by atoms with Crippen LogP contribution in [0, 0.1) is 0 Å². The van der Waals surface area contributed by atoms with Crippen molar-refractivity contribution < 1.29 is 14.7 Å². The minimum absolute atomic E-state index is 0.133. The number of nitrogens with one attached hydrogen (secondary N) is 1. The van der Waals surface area contributed by atoms with Gasteiger partial charge in [0.1, 0.15) is 0 Å². The Morgan fingerprint density at radius 2 is 1.96 bits per heavy atom. The van der Waals surface area contributed by atoms with Crippen LogP contribution in [0.1, 0.15) is 47.4 Å². The number of hydrogen-bond acceptors (Lipinski definition) is 3. The molecule has 1 aliphatic carbocycles. The zero-order chi connectivity index (χ0) is 16.9. The highest BCUT2D eigenvalue weighted by molar-refractivity contribution is 5.94. The first kappa shape index (κ1) is 16.2. The Morgan fingerprint density at radius 3 is 2.71 bits per heavy atom. The number of carboxylic acid groups (broad SMARTS) is 1. The summed E-state index contributed by atoms with van der Waals surface area (Å²) in [5.74, 6) is -0.973. The molecule has 1 aromatic heterocycles. The number of rotatable bonds is 7. The lowest BCUT2D eigenvalue weighted by Gasteiger charge is -2.05. The number of hydrogen-bond donors (Lipinski definition) is 2. The van der Waals surface area contributed by atoms with Crippen LogP contribution in [-0.4, -0.2) is 33.3 Å². The van der Waals surface area contributed by atoms with E-state index in [4.69, 9.17) is 5.11 Å². The van der Waals surface area contributed by atoms with Crippen molar-refractivity contribution in [3.05, 3.63) is 47.3 Å². The maximum atomic E-state index is 12.4. The van der Waals surface area contributed by atoms with Crippen molar-refractivity contribution in [3.8, 4) is 5.69 Å². The normalized spacial score (nSPS) is 12.8. The fraction of sp³-hybridized carbons (Fsp3) is 0.389. The standard InChI is InChI=1S/C18H21N3O3/c22-16(23)11-4-5-12-19-18(24)17-14-9-6-10-15(14)21(20-17)13-7-2-1-3-8-13/h1-3,7-8H,4-6,9-12H2,(H,19,24)(H,22,23). The molecule has 1 aromatic carbocycles. The van der Waals surface area contributed by atoms with E-state index in [9.17, 15) is 9.59 Å². The zero-order valence-electron chi connectivity index (χ0n) is 13.5. The molecule has 6 heteroatoms. The van der Waals surface area contributed by atoms with Gasteiger partial charge in [-0.25, -0.2) is 4.68 Å². The van der Waals surface area contributed by atoms with Gasteiger partial charge in [-0.15, -0.1) is 0 Å². The molecule has 2 aromatic rings. The van der Waals surface area contributed by atoms with E-state index in [0.29, 0.717) is 25.1 Å². The summed E-state index contributed by atoms with van der Waals surface area (Å²) in [5, 5.41) is 16.0. The summed E-state index contributed by atoms with van der Waals surface area (Å²) in [6.45, 7) is 0.471. The molecule has 24 heavy (non-hydrogen) atoms. The molecule has 0 atom stereocenters. The maximum absolute atomic E-state index is 12.4. The highest BCUT2D eigenvalue weighted by atomic mass is 16.4. The number of carboxylic acids is 1. The minimum Gasteiger partial charge on any atom is -0.481 e.